The summed E-state index contributed by atoms with van der Waals surface area (Å²) in [6.45, 7) is 7.90. The van der Waals surface area contributed by atoms with Crippen LogP contribution in [0.25, 0.3) is 0 Å². The third kappa shape index (κ3) is 1.82. The van der Waals surface area contributed by atoms with Gasteiger partial charge in [-0.15, -0.1) is 0 Å². The summed E-state index contributed by atoms with van der Waals surface area (Å²) in [5, 5.41) is 2.84. The van der Waals surface area contributed by atoms with Crippen LogP contribution >= 0.6 is 0 Å². The van der Waals surface area contributed by atoms with Crippen LogP contribution in [0.4, 0.5) is 0 Å². The van der Waals surface area contributed by atoms with E-state index in [1.807, 2.05) is 11.8 Å². The van der Waals surface area contributed by atoms with Crippen molar-refractivity contribution in [1.82, 2.24) is 10.2 Å². The quantitative estimate of drug-likeness (QED) is 0.827. The van der Waals surface area contributed by atoms with Gasteiger partial charge >= 0.3 is 0 Å². The Morgan fingerprint density at radius 1 is 1.33 bits per heavy atom. The minimum absolute atomic E-state index is 0.0315. The number of rotatable bonds is 4. The molecular weight excluding hydrogens is 228 g/mol. The first-order chi connectivity index (χ1) is 8.46. The SMILES string of the molecule is CCC(CC)N1C(=O)C(C)NC(=O)C1(C)C1CC1. The lowest BCUT2D eigenvalue weighted by Crippen LogP contribution is -2.71. The molecule has 2 rings (SSSR count). The van der Waals surface area contributed by atoms with Gasteiger partial charge in [0.25, 0.3) is 0 Å². The molecule has 2 amide bonds. The van der Waals surface area contributed by atoms with Crippen molar-refractivity contribution in [2.24, 2.45) is 5.92 Å². The topological polar surface area (TPSA) is 49.4 Å². The Labute approximate surface area is 109 Å². The monoisotopic (exact) mass is 252 g/mol. The lowest BCUT2D eigenvalue weighted by molar-refractivity contribution is -0.161. The maximum absolute atomic E-state index is 12.5. The zero-order valence-corrected chi connectivity index (χ0v) is 11.8. The van der Waals surface area contributed by atoms with Gasteiger partial charge in [-0.1, -0.05) is 13.8 Å². The molecule has 0 aromatic rings. The van der Waals surface area contributed by atoms with E-state index in [-0.39, 0.29) is 23.9 Å². The van der Waals surface area contributed by atoms with Gasteiger partial charge in [0, 0.05) is 6.04 Å². The highest BCUT2D eigenvalue weighted by atomic mass is 16.2. The molecule has 1 aliphatic carbocycles. The van der Waals surface area contributed by atoms with Crippen LogP contribution in [-0.2, 0) is 9.59 Å². The molecule has 1 heterocycles. The van der Waals surface area contributed by atoms with Gasteiger partial charge in [-0.3, -0.25) is 9.59 Å². The molecule has 0 radical (unpaired) electrons. The largest absolute Gasteiger partial charge is 0.343 e. The molecule has 0 aromatic carbocycles. The van der Waals surface area contributed by atoms with E-state index in [9.17, 15) is 9.59 Å². The zero-order chi connectivity index (χ0) is 13.5. The minimum Gasteiger partial charge on any atom is -0.343 e. The lowest BCUT2D eigenvalue weighted by Gasteiger charge is -2.49. The highest BCUT2D eigenvalue weighted by Crippen LogP contribution is 2.46. The predicted octanol–water partition coefficient (Wildman–Crippen LogP) is 1.69. The summed E-state index contributed by atoms with van der Waals surface area (Å²) in [6.07, 6.45) is 3.93. The van der Waals surface area contributed by atoms with Crippen LogP contribution in [0.3, 0.4) is 0 Å². The third-order valence-corrected chi connectivity index (χ3v) is 4.60. The Hall–Kier alpha value is -1.06. The van der Waals surface area contributed by atoms with Crippen molar-refractivity contribution in [2.75, 3.05) is 0 Å². The number of amides is 2. The van der Waals surface area contributed by atoms with Crippen LogP contribution in [0.5, 0.6) is 0 Å². The fourth-order valence-electron chi connectivity index (χ4n) is 3.19. The first-order valence-corrected chi connectivity index (χ1v) is 7.10. The molecule has 0 bridgehead atoms. The standard InChI is InChI=1S/C14H24N2O2/c1-5-11(6-2)16-12(17)9(3)15-13(18)14(16,4)10-7-8-10/h9-11H,5-8H2,1-4H3,(H,15,18). The molecule has 2 unspecified atom stereocenters. The zero-order valence-electron chi connectivity index (χ0n) is 11.8. The Bertz CT molecular complexity index is 361. The summed E-state index contributed by atoms with van der Waals surface area (Å²) in [4.78, 5) is 26.8. The molecule has 18 heavy (non-hydrogen) atoms. The van der Waals surface area contributed by atoms with Gasteiger partial charge in [0.15, 0.2) is 0 Å². The molecule has 2 aliphatic rings. The number of nitrogens with one attached hydrogen (secondary N) is 1. The van der Waals surface area contributed by atoms with E-state index in [2.05, 4.69) is 19.2 Å². The molecule has 4 heteroatoms. The Morgan fingerprint density at radius 3 is 2.33 bits per heavy atom. The maximum Gasteiger partial charge on any atom is 0.246 e. The summed E-state index contributed by atoms with van der Waals surface area (Å²) in [5.41, 5.74) is -0.625. The van der Waals surface area contributed by atoms with E-state index < -0.39 is 5.54 Å². The highest BCUT2D eigenvalue weighted by Gasteiger charge is 2.57. The van der Waals surface area contributed by atoms with Crippen molar-refractivity contribution >= 4 is 11.8 Å². The van der Waals surface area contributed by atoms with Gasteiger partial charge in [0.2, 0.25) is 11.8 Å². The third-order valence-electron chi connectivity index (χ3n) is 4.60. The van der Waals surface area contributed by atoms with Gasteiger partial charge in [-0.2, -0.15) is 0 Å². The molecule has 1 aliphatic heterocycles. The lowest BCUT2D eigenvalue weighted by atomic mass is 9.85. The molecule has 0 spiro atoms. The molecule has 1 N–H and O–H groups in total. The highest BCUT2D eigenvalue weighted by molar-refractivity contribution is 6.00. The van der Waals surface area contributed by atoms with Gasteiger partial charge in [0.1, 0.15) is 11.6 Å². The number of carbonyl (C=O) groups excluding carboxylic acids is 2. The second-order valence-corrected chi connectivity index (χ2v) is 5.80. The van der Waals surface area contributed by atoms with E-state index in [0.717, 1.165) is 25.7 Å². The van der Waals surface area contributed by atoms with Gasteiger partial charge in [-0.25, -0.2) is 0 Å². The molecule has 2 atom stereocenters. The van der Waals surface area contributed by atoms with Crippen LogP contribution in [0.1, 0.15) is 53.4 Å². The fourth-order valence-corrected chi connectivity index (χ4v) is 3.19. The summed E-state index contributed by atoms with van der Waals surface area (Å²) in [7, 11) is 0. The van der Waals surface area contributed by atoms with Gasteiger partial charge in [0.05, 0.1) is 0 Å². The Morgan fingerprint density at radius 2 is 1.89 bits per heavy atom. The minimum atomic E-state index is -0.625. The maximum atomic E-state index is 12.5. The van der Waals surface area contributed by atoms with Crippen molar-refractivity contribution in [3.05, 3.63) is 0 Å². The second-order valence-electron chi connectivity index (χ2n) is 5.80. The Balaban J connectivity index is 2.38. The average molecular weight is 252 g/mol. The number of nitrogens with zero attached hydrogens (tertiary/aromatic N) is 1. The van der Waals surface area contributed by atoms with Crippen LogP contribution < -0.4 is 5.32 Å². The fraction of sp³-hybridized carbons (Fsp3) is 0.857. The summed E-state index contributed by atoms with van der Waals surface area (Å²) < 4.78 is 0. The molecule has 1 saturated carbocycles. The number of piperazine rings is 1. The molecule has 2 fully saturated rings. The predicted molar refractivity (Wildman–Crippen MR) is 69.9 cm³/mol. The summed E-state index contributed by atoms with van der Waals surface area (Å²) in [5.74, 6) is 0.455. The van der Waals surface area contributed by atoms with Crippen molar-refractivity contribution < 1.29 is 9.59 Å². The van der Waals surface area contributed by atoms with Crippen LogP contribution in [-0.4, -0.2) is 34.3 Å². The Kier molecular flexibility index (Phi) is 3.39. The van der Waals surface area contributed by atoms with Crippen molar-refractivity contribution in [1.29, 1.82) is 0 Å². The summed E-state index contributed by atoms with van der Waals surface area (Å²) in [6, 6.07) is -0.207. The second kappa shape index (κ2) is 4.56. The molecule has 102 valence electrons. The van der Waals surface area contributed by atoms with E-state index in [1.54, 1.807) is 6.92 Å². The van der Waals surface area contributed by atoms with Gasteiger partial charge < -0.3 is 10.2 Å². The van der Waals surface area contributed by atoms with Crippen molar-refractivity contribution in [2.45, 2.75) is 71.0 Å². The smallest absolute Gasteiger partial charge is 0.246 e. The summed E-state index contributed by atoms with van der Waals surface area (Å²) >= 11 is 0. The van der Waals surface area contributed by atoms with E-state index in [0.29, 0.717) is 5.92 Å². The van der Waals surface area contributed by atoms with E-state index >= 15 is 0 Å². The number of hydrogen-bond acceptors (Lipinski definition) is 2. The number of hydrogen-bond donors (Lipinski definition) is 1. The molecular formula is C14H24N2O2. The van der Waals surface area contributed by atoms with E-state index in [1.165, 1.54) is 0 Å². The normalized spacial score (nSPS) is 32.9. The first kappa shape index (κ1) is 13.4. The van der Waals surface area contributed by atoms with E-state index in [4.69, 9.17) is 0 Å². The number of carbonyl (C=O) groups is 2. The van der Waals surface area contributed by atoms with Crippen LogP contribution in [0.15, 0.2) is 0 Å². The van der Waals surface area contributed by atoms with Gasteiger partial charge in [-0.05, 0) is 45.4 Å². The molecule has 0 aromatic heterocycles. The average Bonchev–Trinajstić information content (AvgIpc) is 3.16. The van der Waals surface area contributed by atoms with Crippen LogP contribution in [0.2, 0.25) is 0 Å². The first-order valence-electron chi connectivity index (χ1n) is 7.10. The molecule has 4 nitrogen and oxygen atoms in total. The van der Waals surface area contributed by atoms with Crippen LogP contribution in [0, 0.1) is 5.92 Å². The van der Waals surface area contributed by atoms with Crippen molar-refractivity contribution in [3.63, 3.8) is 0 Å². The van der Waals surface area contributed by atoms with Crippen molar-refractivity contribution in [3.8, 4) is 0 Å². The molecule has 1 saturated heterocycles.